The van der Waals surface area contributed by atoms with Crippen LogP contribution in [0.1, 0.15) is 44.9 Å². The molecular weight excluding hydrogens is 262 g/mol. The average molecular weight is 291 g/mol. The van der Waals surface area contributed by atoms with Gasteiger partial charge in [0.05, 0.1) is 12.4 Å². The van der Waals surface area contributed by atoms with E-state index in [-0.39, 0.29) is 19.0 Å². The third kappa shape index (κ3) is 7.19. The van der Waals surface area contributed by atoms with Crippen LogP contribution < -0.4 is 5.32 Å². The first-order valence-corrected chi connectivity index (χ1v) is 5.97. The second-order valence-electron chi connectivity index (χ2n) is 5.23. The highest BCUT2D eigenvalue weighted by atomic mass is 35.5. The van der Waals surface area contributed by atoms with Crippen molar-refractivity contribution in [2.45, 2.75) is 33.2 Å². The van der Waals surface area contributed by atoms with Crippen molar-refractivity contribution in [3.8, 4) is 0 Å². The standard InChI is InChI=1S/C15H23NO2.ClH/c1-12(2)10-16-15(3,4)11-18-14(17)13-8-6-5-7-9-13;/h5-9,12,16H,10-11H2,1-4H3;1H/i5D,6D,7D,8D,9D;. The van der Waals surface area contributed by atoms with Crippen LogP contribution in [0.3, 0.4) is 0 Å². The van der Waals surface area contributed by atoms with E-state index in [2.05, 4.69) is 19.2 Å². The summed E-state index contributed by atoms with van der Waals surface area (Å²) in [7, 11) is 0. The number of halogens is 1. The lowest BCUT2D eigenvalue weighted by atomic mass is 10.1. The molecule has 0 unspecified atom stereocenters. The van der Waals surface area contributed by atoms with Gasteiger partial charge in [0.15, 0.2) is 0 Å². The number of rotatable bonds is 6. The first-order valence-electron chi connectivity index (χ1n) is 8.47. The summed E-state index contributed by atoms with van der Waals surface area (Å²) in [6, 6.07) is -2.72. The highest BCUT2D eigenvalue weighted by molar-refractivity contribution is 5.89. The van der Waals surface area contributed by atoms with E-state index in [0.29, 0.717) is 5.92 Å². The molecule has 1 aromatic carbocycles. The molecular formula is C15H24ClNO2. The molecule has 0 amide bonds. The van der Waals surface area contributed by atoms with Crippen LogP contribution in [0, 0.1) is 5.92 Å². The predicted molar refractivity (Wildman–Crippen MR) is 80.9 cm³/mol. The van der Waals surface area contributed by atoms with Crippen molar-refractivity contribution in [1.29, 1.82) is 0 Å². The summed E-state index contributed by atoms with van der Waals surface area (Å²) in [5, 5.41) is 3.25. The molecule has 0 fully saturated rings. The minimum Gasteiger partial charge on any atom is -0.460 e. The van der Waals surface area contributed by atoms with Crippen LogP contribution in [0.4, 0.5) is 0 Å². The highest BCUT2D eigenvalue weighted by Crippen LogP contribution is 2.07. The Labute approximate surface area is 129 Å². The third-order valence-electron chi connectivity index (χ3n) is 2.26. The number of carbonyl (C=O) groups excluding carboxylic acids is 1. The van der Waals surface area contributed by atoms with Crippen LogP contribution in [0.2, 0.25) is 0 Å². The van der Waals surface area contributed by atoms with Crippen LogP contribution in [-0.2, 0) is 4.74 Å². The van der Waals surface area contributed by atoms with Gasteiger partial charge in [0.25, 0.3) is 0 Å². The Morgan fingerprint density at radius 1 is 1.37 bits per heavy atom. The fourth-order valence-electron chi connectivity index (χ4n) is 1.20. The molecule has 4 heteroatoms. The van der Waals surface area contributed by atoms with Crippen molar-refractivity contribution in [2.24, 2.45) is 5.92 Å². The topological polar surface area (TPSA) is 38.3 Å². The van der Waals surface area contributed by atoms with Crippen molar-refractivity contribution in [3.05, 3.63) is 35.8 Å². The van der Waals surface area contributed by atoms with Gasteiger partial charge in [0.1, 0.15) is 6.61 Å². The van der Waals surface area contributed by atoms with E-state index in [1.165, 1.54) is 0 Å². The maximum Gasteiger partial charge on any atom is 0.338 e. The molecule has 0 bridgehead atoms. The molecule has 0 aliphatic carbocycles. The van der Waals surface area contributed by atoms with E-state index >= 15 is 0 Å². The molecule has 0 aliphatic rings. The maximum absolute atomic E-state index is 12.2. The Hall–Kier alpha value is -1.06. The number of benzene rings is 1. The van der Waals surface area contributed by atoms with Crippen LogP contribution in [0.25, 0.3) is 0 Å². The van der Waals surface area contributed by atoms with Gasteiger partial charge in [-0.25, -0.2) is 4.79 Å². The summed E-state index contributed by atoms with van der Waals surface area (Å²) in [6.07, 6.45) is 0. The van der Waals surface area contributed by atoms with Gasteiger partial charge in [-0.15, -0.1) is 12.4 Å². The Morgan fingerprint density at radius 2 is 1.95 bits per heavy atom. The number of hydrogen-bond acceptors (Lipinski definition) is 3. The van der Waals surface area contributed by atoms with E-state index in [1.54, 1.807) is 0 Å². The maximum atomic E-state index is 12.2. The van der Waals surface area contributed by atoms with Crippen molar-refractivity contribution in [2.75, 3.05) is 13.2 Å². The van der Waals surface area contributed by atoms with Gasteiger partial charge in [-0.05, 0) is 38.4 Å². The molecule has 19 heavy (non-hydrogen) atoms. The largest absolute Gasteiger partial charge is 0.460 e. The third-order valence-corrected chi connectivity index (χ3v) is 2.26. The minimum absolute atomic E-state index is 0. The Balaban J connectivity index is 0.00000529. The summed E-state index contributed by atoms with van der Waals surface area (Å²) < 4.78 is 43.3. The molecule has 0 aliphatic heterocycles. The molecule has 0 saturated carbocycles. The van der Waals surface area contributed by atoms with E-state index in [4.69, 9.17) is 11.6 Å². The van der Waals surface area contributed by atoms with E-state index in [0.717, 1.165) is 6.54 Å². The second kappa shape index (κ2) is 8.18. The van der Waals surface area contributed by atoms with E-state index in [1.807, 2.05) is 13.8 Å². The molecule has 1 N–H and O–H groups in total. The number of carbonyl (C=O) groups is 1. The fraction of sp³-hybridized carbons (Fsp3) is 0.533. The number of esters is 1. The Kier molecular flexibility index (Phi) is 4.60. The summed E-state index contributed by atoms with van der Waals surface area (Å²) in [4.78, 5) is 12.2. The van der Waals surface area contributed by atoms with Gasteiger partial charge >= 0.3 is 5.97 Å². The molecule has 1 aromatic rings. The predicted octanol–water partition coefficient (Wildman–Crippen LogP) is 3.29. The number of nitrogens with one attached hydrogen (secondary N) is 1. The zero-order valence-corrected chi connectivity index (χ0v) is 12.5. The molecule has 0 radical (unpaired) electrons. The molecule has 1 rings (SSSR count). The molecule has 0 spiro atoms. The van der Waals surface area contributed by atoms with Gasteiger partial charge in [-0.2, -0.15) is 0 Å². The van der Waals surface area contributed by atoms with E-state index in [9.17, 15) is 4.79 Å². The summed E-state index contributed by atoms with van der Waals surface area (Å²) in [5.41, 5.74) is -0.913. The average Bonchev–Trinajstić information content (AvgIpc) is 2.47. The Bertz CT molecular complexity index is 579. The first kappa shape index (κ1) is 10.7. The first-order chi connectivity index (χ1) is 10.5. The molecule has 0 heterocycles. The lowest BCUT2D eigenvalue weighted by Crippen LogP contribution is -2.45. The number of ether oxygens (including phenoxy) is 1. The van der Waals surface area contributed by atoms with Crippen molar-refractivity contribution in [3.63, 3.8) is 0 Å². The highest BCUT2D eigenvalue weighted by Gasteiger charge is 2.20. The van der Waals surface area contributed by atoms with Crippen molar-refractivity contribution < 1.29 is 16.4 Å². The smallest absolute Gasteiger partial charge is 0.338 e. The monoisotopic (exact) mass is 290 g/mol. The van der Waals surface area contributed by atoms with Crippen molar-refractivity contribution >= 4 is 18.4 Å². The van der Waals surface area contributed by atoms with Crippen molar-refractivity contribution in [1.82, 2.24) is 5.32 Å². The van der Waals surface area contributed by atoms with E-state index < -0.39 is 47.3 Å². The summed E-state index contributed by atoms with van der Waals surface area (Å²) in [6.45, 7) is 8.62. The van der Waals surface area contributed by atoms with Gasteiger partial charge in [-0.1, -0.05) is 32.0 Å². The molecule has 0 atom stereocenters. The summed E-state index contributed by atoms with van der Waals surface area (Å²) >= 11 is 0. The lowest BCUT2D eigenvalue weighted by Gasteiger charge is -2.26. The zero-order chi connectivity index (χ0) is 17.9. The summed E-state index contributed by atoms with van der Waals surface area (Å²) in [5.74, 6) is -0.479. The quantitative estimate of drug-likeness (QED) is 0.817. The fourth-order valence-corrected chi connectivity index (χ4v) is 1.20. The normalized spacial score (nSPS) is 14.7. The molecule has 3 nitrogen and oxygen atoms in total. The zero-order valence-electron chi connectivity index (χ0n) is 16.7. The van der Waals surface area contributed by atoms with Crippen LogP contribution in [0.5, 0.6) is 0 Å². The van der Waals surface area contributed by atoms with Gasteiger partial charge in [-0.3, -0.25) is 0 Å². The lowest BCUT2D eigenvalue weighted by molar-refractivity contribution is 0.0398. The number of hydrogen-bond donors (Lipinski definition) is 1. The SMILES string of the molecule is Cl.[2H]c1c([2H])c([2H])c(C(=O)OCC(C)(C)NCC(C)C)c([2H])c1[2H]. The minimum atomic E-state index is -0.915. The second-order valence-corrected chi connectivity index (χ2v) is 5.23. The van der Waals surface area contributed by atoms with Gasteiger partial charge in [0.2, 0.25) is 0 Å². The van der Waals surface area contributed by atoms with Crippen LogP contribution >= 0.6 is 12.4 Å². The molecule has 0 aromatic heterocycles. The Morgan fingerprint density at radius 3 is 2.47 bits per heavy atom. The molecule has 0 saturated heterocycles. The van der Waals surface area contributed by atoms with Gasteiger partial charge in [0, 0.05) is 5.54 Å². The van der Waals surface area contributed by atoms with Gasteiger partial charge < -0.3 is 10.1 Å². The molecule has 108 valence electrons. The van der Waals surface area contributed by atoms with Crippen LogP contribution in [0.15, 0.2) is 30.2 Å². The van der Waals surface area contributed by atoms with Crippen LogP contribution in [-0.4, -0.2) is 24.7 Å².